The second kappa shape index (κ2) is 8.16. The monoisotopic (exact) mass is 295 g/mol. The maximum Gasteiger partial charge on any atom is 0.123 e. The van der Waals surface area contributed by atoms with E-state index in [0.717, 1.165) is 48.3 Å². The average molecular weight is 296 g/mol. The quantitative estimate of drug-likeness (QED) is 0.615. The average Bonchev–Trinajstić information content (AvgIpc) is 2.33. The first-order valence-corrected chi connectivity index (χ1v) is 6.62. The summed E-state index contributed by atoms with van der Waals surface area (Å²) in [5, 5.41) is 3.30. The van der Waals surface area contributed by atoms with Crippen LogP contribution in [0.1, 0.15) is 25.3 Å². The van der Waals surface area contributed by atoms with Gasteiger partial charge in [-0.2, -0.15) is 0 Å². The van der Waals surface area contributed by atoms with Crippen LogP contribution in [0.5, 0.6) is 5.75 Å². The van der Waals surface area contributed by atoms with Crippen molar-refractivity contribution in [1.29, 1.82) is 0 Å². The highest BCUT2D eigenvalue weighted by Crippen LogP contribution is 2.23. The van der Waals surface area contributed by atoms with E-state index in [0.29, 0.717) is 0 Å². The highest BCUT2D eigenvalue weighted by atomic mass is 79.9. The third-order valence-electron chi connectivity index (χ3n) is 2.25. The molecule has 0 aliphatic carbocycles. The molecule has 1 N–H and O–H groups in total. The Balaban J connectivity index is 2.60. The summed E-state index contributed by atoms with van der Waals surface area (Å²) in [4.78, 5) is 0. The molecule has 92 valence electrons. The Morgan fingerprint density at radius 3 is 3.00 bits per heavy atom. The van der Waals surface area contributed by atoms with E-state index in [-0.39, 0.29) is 0 Å². The molecule has 1 aromatic rings. The summed E-state index contributed by atoms with van der Waals surface area (Å²) in [6.07, 6.45) is 6.97. The molecule has 0 fully saturated rings. The summed E-state index contributed by atoms with van der Waals surface area (Å²) in [5.74, 6) is 3.56. The van der Waals surface area contributed by atoms with Crippen LogP contribution in [0.25, 0.3) is 0 Å². The first kappa shape index (κ1) is 14.1. The zero-order chi connectivity index (χ0) is 12.5. The van der Waals surface area contributed by atoms with Gasteiger partial charge in [0, 0.05) is 29.5 Å². The Morgan fingerprint density at radius 1 is 1.47 bits per heavy atom. The van der Waals surface area contributed by atoms with Crippen molar-refractivity contribution in [2.45, 2.75) is 26.3 Å². The Hall–Kier alpha value is -0.980. The van der Waals surface area contributed by atoms with Crippen LogP contribution in [0.4, 0.5) is 0 Å². The molecule has 1 rings (SSSR count). The maximum absolute atomic E-state index is 5.70. The van der Waals surface area contributed by atoms with Gasteiger partial charge in [-0.15, -0.1) is 12.3 Å². The third-order valence-corrected chi connectivity index (χ3v) is 2.74. The van der Waals surface area contributed by atoms with E-state index in [1.807, 2.05) is 12.1 Å². The lowest BCUT2D eigenvalue weighted by Crippen LogP contribution is -2.15. The predicted molar refractivity (Wildman–Crippen MR) is 75.1 cm³/mol. The Labute approximate surface area is 112 Å². The summed E-state index contributed by atoms with van der Waals surface area (Å²) in [5.41, 5.74) is 1.16. The highest BCUT2D eigenvalue weighted by molar-refractivity contribution is 9.10. The van der Waals surface area contributed by atoms with E-state index in [4.69, 9.17) is 11.2 Å². The number of nitrogens with one attached hydrogen (secondary N) is 1. The fourth-order valence-electron chi connectivity index (χ4n) is 1.42. The molecule has 0 unspecified atom stereocenters. The maximum atomic E-state index is 5.70. The molecule has 0 spiro atoms. The lowest BCUT2D eigenvalue weighted by atomic mass is 10.2. The minimum absolute atomic E-state index is 0.749. The van der Waals surface area contributed by atoms with Gasteiger partial charge in [0.2, 0.25) is 0 Å². The van der Waals surface area contributed by atoms with Gasteiger partial charge in [0.1, 0.15) is 5.75 Å². The van der Waals surface area contributed by atoms with Crippen LogP contribution < -0.4 is 10.1 Å². The predicted octanol–water partition coefficient (Wildman–Crippen LogP) is 3.35. The van der Waals surface area contributed by atoms with E-state index in [1.54, 1.807) is 0 Å². The number of hydrogen-bond donors (Lipinski definition) is 1. The topological polar surface area (TPSA) is 21.3 Å². The Kier molecular flexibility index (Phi) is 6.76. The molecular formula is C14H18BrNO. The molecule has 2 nitrogen and oxygen atoms in total. The number of terminal acetylenes is 1. The highest BCUT2D eigenvalue weighted by Gasteiger charge is 2.03. The van der Waals surface area contributed by atoms with Crippen molar-refractivity contribution in [3.05, 3.63) is 28.2 Å². The van der Waals surface area contributed by atoms with Gasteiger partial charge in [-0.05, 0) is 24.6 Å². The molecule has 3 heteroatoms. The van der Waals surface area contributed by atoms with Crippen molar-refractivity contribution in [3.63, 3.8) is 0 Å². The van der Waals surface area contributed by atoms with Gasteiger partial charge in [0.25, 0.3) is 0 Å². The Morgan fingerprint density at radius 2 is 2.29 bits per heavy atom. The first-order valence-electron chi connectivity index (χ1n) is 5.83. The van der Waals surface area contributed by atoms with Crippen LogP contribution >= 0.6 is 15.9 Å². The summed E-state index contributed by atoms with van der Waals surface area (Å²) in [6.45, 7) is 4.46. The van der Waals surface area contributed by atoms with E-state index < -0.39 is 0 Å². The minimum Gasteiger partial charge on any atom is -0.493 e. The molecule has 17 heavy (non-hydrogen) atoms. The van der Waals surface area contributed by atoms with Crippen LogP contribution in [0.2, 0.25) is 0 Å². The van der Waals surface area contributed by atoms with Crippen LogP contribution in [0.15, 0.2) is 22.7 Å². The standard InChI is InChI=1S/C14H18BrNO/c1-3-5-8-16-11-12-10-13(15)6-7-14(12)17-9-4-2/h1,6-7,10,16H,4-5,8-9,11H2,2H3. The van der Waals surface area contributed by atoms with Crippen molar-refractivity contribution in [3.8, 4) is 18.1 Å². The molecule has 0 atom stereocenters. The summed E-state index contributed by atoms with van der Waals surface area (Å²) in [6, 6.07) is 6.07. The third kappa shape index (κ3) is 5.25. The summed E-state index contributed by atoms with van der Waals surface area (Å²) < 4.78 is 6.76. The van der Waals surface area contributed by atoms with Crippen molar-refractivity contribution >= 4 is 15.9 Å². The molecule has 0 heterocycles. The van der Waals surface area contributed by atoms with Gasteiger partial charge in [0.15, 0.2) is 0 Å². The fourth-order valence-corrected chi connectivity index (χ4v) is 1.83. The van der Waals surface area contributed by atoms with Crippen molar-refractivity contribution in [2.75, 3.05) is 13.2 Å². The lowest BCUT2D eigenvalue weighted by molar-refractivity contribution is 0.313. The lowest BCUT2D eigenvalue weighted by Gasteiger charge is -2.12. The van der Waals surface area contributed by atoms with Crippen LogP contribution in [0, 0.1) is 12.3 Å². The molecule has 0 bridgehead atoms. The van der Waals surface area contributed by atoms with Gasteiger partial charge >= 0.3 is 0 Å². The van der Waals surface area contributed by atoms with E-state index in [9.17, 15) is 0 Å². The van der Waals surface area contributed by atoms with E-state index in [2.05, 4.69) is 40.2 Å². The zero-order valence-electron chi connectivity index (χ0n) is 10.1. The SMILES string of the molecule is C#CCCNCc1cc(Br)ccc1OCCC. The second-order valence-electron chi connectivity index (χ2n) is 3.73. The number of ether oxygens (including phenoxy) is 1. The molecule has 0 amide bonds. The van der Waals surface area contributed by atoms with E-state index in [1.165, 1.54) is 0 Å². The van der Waals surface area contributed by atoms with Crippen LogP contribution in [-0.4, -0.2) is 13.2 Å². The minimum atomic E-state index is 0.749. The summed E-state index contributed by atoms with van der Waals surface area (Å²) >= 11 is 3.47. The van der Waals surface area contributed by atoms with Gasteiger partial charge in [0.05, 0.1) is 6.61 Å². The van der Waals surface area contributed by atoms with Crippen molar-refractivity contribution in [2.24, 2.45) is 0 Å². The number of benzene rings is 1. The van der Waals surface area contributed by atoms with Crippen LogP contribution in [-0.2, 0) is 6.54 Å². The summed E-state index contributed by atoms with van der Waals surface area (Å²) in [7, 11) is 0. The second-order valence-corrected chi connectivity index (χ2v) is 4.65. The number of hydrogen-bond acceptors (Lipinski definition) is 2. The molecule has 0 saturated heterocycles. The molecule has 0 aliphatic heterocycles. The largest absolute Gasteiger partial charge is 0.493 e. The molecular weight excluding hydrogens is 278 g/mol. The van der Waals surface area contributed by atoms with Gasteiger partial charge in [-0.25, -0.2) is 0 Å². The normalized spacial score (nSPS) is 9.94. The Bertz CT molecular complexity index is 384. The van der Waals surface area contributed by atoms with Crippen LogP contribution in [0.3, 0.4) is 0 Å². The number of halogens is 1. The van der Waals surface area contributed by atoms with Gasteiger partial charge in [-0.3, -0.25) is 0 Å². The zero-order valence-corrected chi connectivity index (χ0v) is 11.7. The number of rotatable bonds is 7. The fraction of sp³-hybridized carbons (Fsp3) is 0.429. The van der Waals surface area contributed by atoms with E-state index >= 15 is 0 Å². The van der Waals surface area contributed by atoms with Crippen molar-refractivity contribution in [1.82, 2.24) is 5.32 Å². The molecule has 0 aromatic heterocycles. The molecule has 1 aromatic carbocycles. The van der Waals surface area contributed by atoms with Gasteiger partial charge < -0.3 is 10.1 Å². The molecule has 0 radical (unpaired) electrons. The first-order chi connectivity index (χ1) is 8.27. The van der Waals surface area contributed by atoms with Gasteiger partial charge in [-0.1, -0.05) is 22.9 Å². The van der Waals surface area contributed by atoms with Crippen molar-refractivity contribution < 1.29 is 4.74 Å². The smallest absolute Gasteiger partial charge is 0.123 e. The molecule has 0 saturated carbocycles. The molecule has 0 aliphatic rings.